The summed E-state index contributed by atoms with van der Waals surface area (Å²) in [6, 6.07) is 0. The Morgan fingerprint density at radius 2 is 1.90 bits per heavy atom. The van der Waals surface area contributed by atoms with Crippen molar-refractivity contribution in [1.29, 1.82) is 0 Å². The molecule has 3 heteroatoms. The van der Waals surface area contributed by atoms with Crippen LogP contribution in [0.3, 0.4) is 0 Å². The first kappa shape index (κ1) is 9.88. The third-order valence-corrected chi connectivity index (χ3v) is 1.20. The van der Waals surface area contributed by atoms with Crippen LogP contribution in [0.1, 0.15) is 0 Å². The van der Waals surface area contributed by atoms with E-state index in [0.29, 0.717) is 6.54 Å². The van der Waals surface area contributed by atoms with E-state index in [1.54, 1.807) is 0 Å². The summed E-state index contributed by atoms with van der Waals surface area (Å²) in [7, 11) is 8.05. The normalized spacial score (nSPS) is 15.3. The molecule has 2 N–H and O–H groups in total. The number of aliphatic hydroxyl groups is 1. The molecule has 0 aromatic heterocycles. The summed E-state index contributed by atoms with van der Waals surface area (Å²) in [5.41, 5.74) is 0. The van der Waals surface area contributed by atoms with Crippen molar-refractivity contribution in [1.82, 2.24) is 5.32 Å². The average molecular weight is 147 g/mol. The SMILES string of the molecule is CNCC(O)C[N+](C)(C)C. The molecule has 0 aliphatic rings. The van der Waals surface area contributed by atoms with Gasteiger partial charge in [0.15, 0.2) is 0 Å². The smallest absolute Gasteiger partial charge is 0.115 e. The molecule has 1 atom stereocenters. The van der Waals surface area contributed by atoms with Gasteiger partial charge in [-0.05, 0) is 7.05 Å². The van der Waals surface area contributed by atoms with Crippen LogP contribution in [0.25, 0.3) is 0 Å². The van der Waals surface area contributed by atoms with Crippen LogP contribution in [0.2, 0.25) is 0 Å². The molecule has 62 valence electrons. The van der Waals surface area contributed by atoms with Gasteiger partial charge >= 0.3 is 0 Å². The lowest BCUT2D eigenvalue weighted by Crippen LogP contribution is -2.44. The highest BCUT2D eigenvalue weighted by molar-refractivity contribution is 4.54. The predicted molar refractivity (Wildman–Crippen MR) is 42.8 cm³/mol. The van der Waals surface area contributed by atoms with Crippen LogP contribution in [-0.2, 0) is 0 Å². The maximum absolute atomic E-state index is 9.31. The van der Waals surface area contributed by atoms with E-state index in [-0.39, 0.29) is 6.10 Å². The predicted octanol–water partition coefficient (Wildman–Crippen LogP) is -0.727. The second kappa shape index (κ2) is 3.91. The molecule has 0 aliphatic carbocycles. The zero-order valence-electron chi connectivity index (χ0n) is 7.39. The summed E-state index contributed by atoms with van der Waals surface area (Å²) >= 11 is 0. The quantitative estimate of drug-likeness (QED) is 0.514. The fourth-order valence-corrected chi connectivity index (χ4v) is 0.932. The van der Waals surface area contributed by atoms with E-state index in [1.807, 2.05) is 7.05 Å². The van der Waals surface area contributed by atoms with E-state index in [9.17, 15) is 5.11 Å². The highest BCUT2D eigenvalue weighted by Crippen LogP contribution is 1.92. The van der Waals surface area contributed by atoms with Crippen molar-refractivity contribution in [2.24, 2.45) is 0 Å². The lowest BCUT2D eigenvalue weighted by molar-refractivity contribution is -0.873. The molecule has 3 nitrogen and oxygen atoms in total. The fourth-order valence-electron chi connectivity index (χ4n) is 0.932. The molecule has 0 radical (unpaired) electrons. The molecular formula is C7H19N2O+. The molecule has 0 rings (SSSR count). The summed E-state index contributed by atoms with van der Waals surface area (Å²) in [5, 5.41) is 12.2. The van der Waals surface area contributed by atoms with Crippen LogP contribution in [0.4, 0.5) is 0 Å². The van der Waals surface area contributed by atoms with Crippen molar-refractivity contribution in [3.63, 3.8) is 0 Å². The molecule has 0 aromatic rings. The highest BCUT2D eigenvalue weighted by Gasteiger charge is 2.13. The maximum Gasteiger partial charge on any atom is 0.115 e. The number of hydrogen-bond donors (Lipinski definition) is 2. The molecule has 0 aliphatic heterocycles. The number of hydrogen-bond acceptors (Lipinski definition) is 2. The number of aliphatic hydroxyl groups excluding tert-OH is 1. The first-order chi connectivity index (χ1) is 4.45. The lowest BCUT2D eigenvalue weighted by atomic mass is 10.3. The van der Waals surface area contributed by atoms with Gasteiger partial charge < -0.3 is 14.9 Å². The number of likely N-dealkylation sites (N-methyl/N-ethyl adjacent to an activating group) is 2. The number of nitrogens with zero attached hydrogens (tertiary/aromatic N) is 1. The first-order valence-electron chi connectivity index (χ1n) is 3.59. The van der Waals surface area contributed by atoms with Crippen molar-refractivity contribution < 1.29 is 9.59 Å². The van der Waals surface area contributed by atoms with Gasteiger partial charge in [0.05, 0.1) is 21.1 Å². The van der Waals surface area contributed by atoms with Crippen LogP contribution in [0.5, 0.6) is 0 Å². The Balaban J connectivity index is 3.47. The minimum Gasteiger partial charge on any atom is -0.386 e. The number of rotatable bonds is 4. The molecule has 0 saturated carbocycles. The molecule has 0 heterocycles. The van der Waals surface area contributed by atoms with Crippen LogP contribution < -0.4 is 5.32 Å². The van der Waals surface area contributed by atoms with Crippen LogP contribution in [-0.4, -0.2) is 57.0 Å². The molecule has 0 aromatic carbocycles. The molecule has 0 bridgehead atoms. The molecule has 0 spiro atoms. The van der Waals surface area contributed by atoms with Crippen LogP contribution in [0.15, 0.2) is 0 Å². The second-order valence-corrected chi connectivity index (χ2v) is 3.68. The summed E-state index contributed by atoms with van der Waals surface area (Å²) in [6.07, 6.45) is -0.231. The highest BCUT2D eigenvalue weighted by atomic mass is 16.3. The average Bonchev–Trinajstić information content (AvgIpc) is 1.59. The van der Waals surface area contributed by atoms with Crippen LogP contribution >= 0.6 is 0 Å². The van der Waals surface area contributed by atoms with Crippen molar-refractivity contribution in [2.75, 3.05) is 41.3 Å². The Hall–Kier alpha value is -0.120. The number of quaternary nitrogens is 1. The Kier molecular flexibility index (Phi) is 3.86. The molecule has 10 heavy (non-hydrogen) atoms. The zero-order chi connectivity index (χ0) is 8.20. The van der Waals surface area contributed by atoms with Crippen molar-refractivity contribution in [3.8, 4) is 0 Å². The van der Waals surface area contributed by atoms with Gasteiger partial charge in [-0.1, -0.05) is 0 Å². The van der Waals surface area contributed by atoms with Gasteiger partial charge in [-0.15, -0.1) is 0 Å². The number of nitrogens with one attached hydrogen (secondary N) is 1. The third-order valence-electron chi connectivity index (χ3n) is 1.20. The topological polar surface area (TPSA) is 32.3 Å². The Bertz CT molecular complexity index is 88.1. The van der Waals surface area contributed by atoms with E-state index in [2.05, 4.69) is 26.5 Å². The van der Waals surface area contributed by atoms with Crippen molar-refractivity contribution in [2.45, 2.75) is 6.10 Å². The maximum atomic E-state index is 9.31. The van der Waals surface area contributed by atoms with Gasteiger partial charge in [0.1, 0.15) is 12.6 Å². The monoisotopic (exact) mass is 147 g/mol. The van der Waals surface area contributed by atoms with Gasteiger partial charge in [0, 0.05) is 6.54 Å². The van der Waals surface area contributed by atoms with E-state index in [1.165, 1.54) is 0 Å². The van der Waals surface area contributed by atoms with E-state index in [4.69, 9.17) is 0 Å². The molecule has 0 amide bonds. The van der Waals surface area contributed by atoms with Gasteiger partial charge in [-0.25, -0.2) is 0 Å². The molecular weight excluding hydrogens is 128 g/mol. The standard InChI is InChI=1S/C7H19N2O/c1-8-5-7(10)6-9(2,3)4/h7-8,10H,5-6H2,1-4H3/q+1. The van der Waals surface area contributed by atoms with E-state index in [0.717, 1.165) is 11.0 Å². The largest absolute Gasteiger partial charge is 0.386 e. The van der Waals surface area contributed by atoms with E-state index < -0.39 is 0 Å². The zero-order valence-corrected chi connectivity index (χ0v) is 7.39. The van der Waals surface area contributed by atoms with Crippen LogP contribution in [0, 0.1) is 0 Å². The lowest BCUT2D eigenvalue weighted by Gasteiger charge is -2.26. The summed E-state index contributed by atoms with van der Waals surface area (Å²) in [4.78, 5) is 0. The Morgan fingerprint density at radius 1 is 1.40 bits per heavy atom. The Morgan fingerprint density at radius 3 is 2.20 bits per heavy atom. The molecule has 0 saturated heterocycles. The van der Waals surface area contributed by atoms with Gasteiger partial charge in [0.25, 0.3) is 0 Å². The second-order valence-electron chi connectivity index (χ2n) is 3.68. The van der Waals surface area contributed by atoms with Gasteiger partial charge in [-0.3, -0.25) is 0 Å². The minimum absolute atomic E-state index is 0.231. The molecule has 1 unspecified atom stereocenters. The van der Waals surface area contributed by atoms with Gasteiger partial charge in [-0.2, -0.15) is 0 Å². The minimum atomic E-state index is -0.231. The van der Waals surface area contributed by atoms with Crippen molar-refractivity contribution in [3.05, 3.63) is 0 Å². The fraction of sp³-hybridized carbons (Fsp3) is 1.00. The summed E-state index contributed by atoms with van der Waals surface area (Å²) < 4.78 is 0.808. The first-order valence-corrected chi connectivity index (χ1v) is 3.59. The Labute approximate surface area is 63.2 Å². The third kappa shape index (κ3) is 6.01. The molecule has 0 fully saturated rings. The summed E-state index contributed by atoms with van der Waals surface area (Å²) in [5.74, 6) is 0. The summed E-state index contributed by atoms with van der Waals surface area (Å²) in [6.45, 7) is 1.47. The van der Waals surface area contributed by atoms with Gasteiger partial charge in [0.2, 0.25) is 0 Å². The van der Waals surface area contributed by atoms with Crippen molar-refractivity contribution >= 4 is 0 Å². The van der Waals surface area contributed by atoms with E-state index >= 15 is 0 Å².